The molecule has 0 N–H and O–H groups in total. The third kappa shape index (κ3) is 3.15. The molecule has 1 amide bonds. The first-order chi connectivity index (χ1) is 7.97. The fraction of sp³-hybridized carbons (Fsp3) is 0.417. The zero-order chi connectivity index (χ0) is 13.0. The first-order valence-corrected chi connectivity index (χ1v) is 5.32. The topological polar surface area (TPSA) is 29.5 Å². The van der Waals surface area contributed by atoms with Crippen molar-refractivity contribution in [3.8, 4) is 0 Å². The van der Waals surface area contributed by atoms with E-state index in [4.69, 9.17) is 4.74 Å². The number of nitrogens with zero attached hydrogens (tertiary/aromatic N) is 1. The van der Waals surface area contributed by atoms with Crippen LogP contribution in [0.15, 0.2) is 18.2 Å². The van der Waals surface area contributed by atoms with Gasteiger partial charge in [0.2, 0.25) is 0 Å². The molecule has 0 aliphatic rings. The van der Waals surface area contributed by atoms with E-state index in [-0.39, 0.29) is 12.6 Å². The Hall–Kier alpha value is -1.65. The highest BCUT2D eigenvalue weighted by Gasteiger charge is 2.19. The van der Waals surface area contributed by atoms with Crippen LogP contribution >= 0.6 is 0 Å². The highest BCUT2D eigenvalue weighted by atomic mass is 19.2. The summed E-state index contributed by atoms with van der Waals surface area (Å²) in [5, 5.41) is 0. The lowest BCUT2D eigenvalue weighted by Crippen LogP contribution is -2.30. The summed E-state index contributed by atoms with van der Waals surface area (Å²) in [5.74, 6) is -1.83. The maximum Gasteiger partial charge on any atom is 0.409 e. The van der Waals surface area contributed by atoms with Gasteiger partial charge in [0.15, 0.2) is 11.6 Å². The molecule has 0 fully saturated rings. The summed E-state index contributed by atoms with van der Waals surface area (Å²) in [7, 11) is 1.55. The van der Waals surface area contributed by atoms with E-state index in [0.717, 1.165) is 12.1 Å². The average molecular weight is 243 g/mol. The molecule has 0 aromatic heterocycles. The first kappa shape index (κ1) is 13.4. The summed E-state index contributed by atoms with van der Waals surface area (Å²) >= 11 is 0. The van der Waals surface area contributed by atoms with Crippen molar-refractivity contribution in [1.82, 2.24) is 4.90 Å². The third-order valence-corrected chi connectivity index (χ3v) is 2.56. The number of ether oxygens (including phenoxy) is 1. The second-order valence-electron chi connectivity index (χ2n) is 3.66. The zero-order valence-corrected chi connectivity index (χ0v) is 10.0. The second-order valence-corrected chi connectivity index (χ2v) is 3.66. The standard InChI is InChI=1S/C12H15F2NO2/c1-4-17-12(16)15(3)8(2)9-5-6-10(13)11(14)7-9/h5-8H,4H2,1-3H3. The predicted octanol–water partition coefficient (Wildman–Crippen LogP) is 3.11. The van der Waals surface area contributed by atoms with Gasteiger partial charge < -0.3 is 9.64 Å². The van der Waals surface area contributed by atoms with Crippen LogP contribution in [0.25, 0.3) is 0 Å². The summed E-state index contributed by atoms with van der Waals surface area (Å²) in [4.78, 5) is 12.8. The first-order valence-electron chi connectivity index (χ1n) is 5.32. The van der Waals surface area contributed by atoms with Crippen LogP contribution in [0.2, 0.25) is 0 Å². The van der Waals surface area contributed by atoms with Gasteiger partial charge in [-0.1, -0.05) is 6.07 Å². The number of rotatable bonds is 3. The molecule has 1 atom stereocenters. The van der Waals surface area contributed by atoms with Gasteiger partial charge in [-0.05, 0) is 31.5 Å². The van der Waals surface area contributed by atoms with Crippen LogP contribution in [0.4, 0.5) is 13.6 Å². The Morgan fingerprint density at radius 3 is 2.59 bits per heavy atom. The molecule has 0 heterocycles. The monoisotopic (exact) mass is 243 g/mol. The van der Waals surface area contributed by atoms with Crippen LogP contribution < -0.4 is 0 Å². The molecule has 0 saturated heterocycles. The van der Waals surface area contributed by atoms with Gasteiger partial charge in [-0.2, -0.15) is 0 Å². The molecular formula is C12H15F2NO2. The predicted molar refractivity (Wildman–Crippen MR) is 59.6 cm³/mol. The molecule has 0 spiro atoms. The summed E-state index contributed by atoms with van der Waals surface area (Å²) in [6.07, 6.45) is -0.496. The molecule has 0 saturated carbocycles. The van der Waals surface area contributed by atoms with Gasteiger partial charge in [0.1, 0.15) is 0 Å². The van der Waals surface area contributed by atoms with Crippen molar-refractivity contribution in [2.45, 2.75) is 19.9 Å². The Labute approximate surface area is 99.0 Å². The Morgan fingerprint density at radius 1 is 1.41 bits per heavy atom. The van der Waals surface area contributed by atoms with E-state index < -0.39 is 17.7 Å². The van der Waals surface area contributed by atoms with Gasteiger partial charge >= 0.3 is 6.09 Å². The number of halogens is 2. The number of hydrogen-bond acceptors (Lipinski definition) is 2. The van der Waals surface area contributed by atoms with E-state index in [0.29, 0.717) is 5.56 Å². The average Bonchev–Trinajstić information content (AvgIpc) is 2.31. The van der Waals surface area contributed by atoms with E-state index in [1.807, 2.05) is 0 Å². The molecule has 94 valence electrons. The van der Waals surface area contributed by atoms with Gasteiger partial charge in [0.25, 0.3) is 0 Å². The summed E-state index contributed by atoms with van der Waals surface area (Å²) in [5.41, 5.74) is 0.513. The SMILES string of the molecule is CCOC(=O)N(C)C(C)c1ccc(F)c(F)c1. The van der Waals surface area contributed by atoms with Gasteiger partial charge in [-0.25, -0.2) is 13.6 Å². The molecule has 1 rings (SSSR count). The van der Waals surface area contributed by atoms with Crippen molar-refractivity contribution < 1.29 is 18.3 Å². The number of amides is 1. The van der Waals surface area contributed by atoms with Crippen molar-refractivity contribution in [2.24, 2.45) is 0 Å². The maximum atomic E-state index is 13.0. The second kappa shape index (κ2) is 5.61. The quantitative estimate of drug-likeness (QED) is 0.816. The third-order valence-electron chi connectivity index (χ3n) is 2.56. The molecule has 0 bridgehead atoms. The van der Waals surface area contributed by atoms with Gasteiger partial charge in [-0.3, -0.25) is 0 Å². The van der Waals surface area contributed by atoms with Crippen molar-refractivity contribution >= 4 is 6.09 Å². The summed E-state index contributed by atoms with van der Waals surface area (Å²) in [6, 6.07) is 3.18. The normalized spacial score (nSPS) is 12.1. The fourth-order valence-corrected chi connectivity index (χ4v) is 1.38. The molecular weight excluding hydrogens is 228 g/mol. The van der Waals surface area contributed by atoms with E-state index in [2.05, 4.69) is 0 Å². The van der Waals surface area contributed by atoms with Crippen LogP contribution in [0.1, 0.15) is 25.5 Å². The summed E-state index contributed by atoms with van der Waals surface area (Å²) in [6.45, 7) is 3.69. The molecule has 3 nitrogen and oxygen atoms in total. The zero-order valence-electron chi connectivity index (χ0n) is 10.0. The number of benzene rings is 1. The van der Waals surface area contributed by atoms with E-state index >= 15 is 0 Å². The Bertz CT molecular complexity index is 409. The van der Waals surface area contributed by atoms with Crippen molar-refractivity contribution in [2.75, 3.05) is 13.7 Å². The van der Waals surface area contributed by atoms with E-state index in [1.165, 1.54) is 11.0 Å². The number of carbonyl (C=O) groups excluding carboxylic acids is 1. The number of carbonyl (C=O) groups is 1. The molecule has 0 aliphatic heterocycles. The van der Waals surface area contributed by atoms with Crippen LogP contribution in [-0.2, 0) is 4.74 Å². The Balaban J connectivity index is 2.84. The maximum absolute atomic E-state index is 13.0. The summed E-state index contributed by atoms with van der Waals surface area (Å²) < 4.78 is 30.6. The highest BCUT2D eigenvalue weighted by Crippen LogP contribution is 2.21. The Kier molecular flexibility index (Phi) is 4.43. The minimum Gasteiger partial charge on any atom is -0.450 e. The highest BCUT2D eigenvalue weighted by molar-refractivity contribution is 5.67. The molecule has 0 radical (unpaired) electrons. The minimum absolute atomic E-state index is 0.272. The molecule has 1 aromatic carbocycles. The van der Waals surface area contributed by atoms with Crippen LogP contribution in [-0.4, -0.2) is 24.6 Å². The van der Waals surface area contributed by atoms with E-state index in [9.17, 15) is 13.6 Å². The van der Waals surface area contributed by atoms with E-state index in [1.54, 1.807) is 20.9 Å². The van der Waals surface area contributed by atoms with Gasteiger partial charge in [0, 0.05) is 7.05 Å². The number of hydrogen-bond donors (Lipinski definition) is 0. The minimum atomic E-state index is -0.924. The largest absolute Gasteiger partial charge is 0.450 e. The van der Waals surface area contributed by atoms with Crippen LogP contribution in [0, 0.1) is 11.6 Å². The molecule has 5 heteroatoms. The van der Waals surface area contributed by atoms with Crippen molar-refractivity contribution in [3.63, 3.8) is 0 Å². The molecule has 0 aliphatic carbocycles. The molecule has 17 heavy (non-hydrogen) atoms. The Morgan fingerprint density at radius 2 is 2.06 bits per heavy atom. The fourth-order valence-electron chi connectivity index (χ4n) is 1.38. The lowest BCUT2D eigenvalue weighted by molar-refractivity contribution is 0.104. The lowest BCUT2D eigenvalue weighted by atomic mass is 10.1. The van der Waals surface area contributed by atoms with Crippen LogP contribution in [0.5, 0.6) is 0 Å². The van der Waals surface area contributed by atoms with Crippen molar-refractivity contribution in [1.29, 1.82) is 0 Å². The van der Waals surface area contributed by atoms with Gasteiger partial charge in [-0.15, -0.1) is 0 Å². The van der Waals surface area contributed by atoms with Gasteiger partial charge in [0.05, 0.1) is 12.6 Å². The molecule has 1 unspecified atom stereocenters. The molecule has 1 aromatic rings. The lowest BCUT2D eigenvalue weighted by Gasteiger charge is -2.24. The van der Waals surface area contributed by atoms with Crippen LogP contribution in [0.3, 0.4) is 0 Å². The smallest absolute Gasteiger partial charge is 0.409 e. The van der Waals surface area contributed by atoms with Crippen molar-refractivity contribution in [3.05, 3.63) is 35.4 Å².